The Labute approximate surface area is 157 Å². The second-order valence-electron chi connectivity index (χ2n) is 6.10. The minimum Gasteiger partial charge on any atom is -0.392 e. The molecule has 6 heteroatoms. The van der Waals surface area contributed by atoms with E-state index in [2.05, 4.69) is 10.4 Å². The fraction of sp³-hybridized carbons (Fsp3) is 0.250. The van der Waals surface area contributed by atoms with Gasteiger partial charge < -0.3 is 10.4 Å². The predicted octanol–water partition coefficient (Wildman–Crippen LogP) is 4.19. The minimum absolute atomic E-state index is 0.289. The summed E-state index contributed by atoms with van der Waals surface area (Å²) in [5, 5.41) is 18.3. The normalized spacial score (nSPS) is 12.3. The first kappa shape index (κ1) is 18.6. The molecule has 0 amide bonds. The molecule has 0 unspecified atom stereocenters. The van der Waals surface area contributed by atoms with E-state index < -0.39 is 0 Å². The number of nitrogens with one attached hydrogen (secondary N) is 1. The maximum atomic E-state index is 13.2. The molecule has 1 aromatic heterocycles. The molecule has 0 aliphatic rings. The fourth-order valence-corrected chi connectivity index (χ4v) is 2.89. The average molecular weight is 374 g/mol. The lowest BCUT2D eigenvalue weighted by atomic mass is 10.1. The number of hydrogen-bond donors (Lipinski definition) is 2. The quantitative estimate of drug-likeness (QED) is 0.652. The van der Waals surface area contributed by atoms with E-state index in [0.717, 1.165) is 22.5 Å². The monoisotopic (exact) mass is 373 g/mol. The molecule has 2 N–H and O–H groups in total. The van der Waals surface area contributed by atoms with Gasteiger partial charge in [-0.1, -0.05) is 36.7 Å². The summed E-state index contributed by atoms with van der Waals surface area (Å²) < 4.78 is 14.9. The number of nitrogens with zero attached hydrogens (tertiary/aromatic N) is 2. The lowest BCUT2D eigenvalue weighted by molar-refractivity contribution is 0.167. The van der Waals surface area contributed by atoms with Gasteiger partial charge in [0.2, 0.25) is 0 Å². The summed E-state index contributed by atoms with van der Waals surface area (Å²) in [4.78, 5) is 0. The molecule has 136 valence electrons. The molecule has 2 aromatic carbocycles. The van der Waals surface area contributed by atoms with Crippen molar-refractivity contribution in [3.8, 4) is 16.9 Å². The van der Waals surface area contributed by atoms with Gasteiger partial charge in [-0.05, 0) is 36.8 Å². The van der Waals surface area contributed by atoms with Gasteiger partial charge in [-0.2, -0.15) is 5.10 Å². The molecule has 0 radical (unpaired) electrons. The van der Waals surface area contributed by atoms with Gasteiger partial charge in [0.25, 0.3) is 0 Å². The zero-order valence-electron chi connectivity index (χ0n) is 14.5. The summed E-state index contributed by atoms with van der Waals surface area (Å²) in [5.41, 5.74) is 3.31. The third kappa shape index (κ3) is 4.30. The van der Waals surface area contributed by atoms with E-state index in [1.807, 2.05) is 37.4 Å². The predicted molar refractivity (Wildman–Crippen MR) is 102 cm³/mol. The Morgan fingerprint density at radius 1 is 1.19 bits per heavy atom. The Morgan fingerprint density at radius 3 is 2.62 bits per heavy atom. The molecule has 0 fully saturated rings. The second-order valence-corrected chi connectivity index (χ2v) is 6.50. The number of benzene rings is 2. The molecule has 0 aliphatic carbocycles. The van der Waals surface area contributed by atoms with Crippen LogP contribution in [0.2, 0.25) is 5.02 Å². The fourth-order valence-electron chi connectivity index (χ4n) is 2.66. The molecule has 0 saturated heterocycles. The maximum Gasteiger partial charge on any atom is 0.123 e. The van der Waals surface area contributed by atoms with E-state index in [-0.39, 0.29) is 11.9 Å². The number of rotatable bonds is 7. The van der Waals surface area contributed by atoms with Gasteiger partial charge in [0.1, 0.15) is 5.82 Å². The molecule has 3 rings (SSSR count). The molecule has 1 heterocycles. The van der Waals surface area contributed by atoms with Crippen molar-refractivity contribution in [1.82, 2.24) is 15.1 Å². The average Bonchev–Trinajstić information content (AvgIpc) is 3.06. The SMILES string of the molecule is CC[C@@H](O)CNCc1cn(-c2ccc(F)cc2)nc1-c1ccccc1Cl. The molecular formula is C20H21ClFN3O. The summed E-state index contributed by atoms with van der Waals surface area (Å²) in [6.45, 7) is 2.98. The largest absolute Gasteiger partial charge is 0.392 e. The topological polar surface area (TPSA) is 50.1 Å². The van der Waals surface area contributed by atoms with Gasteiger partial charge in [0.15, 0.2) is 0 Å². The number of hydrogen-bond acceptors (Lipinski definition) is 3. The van der Waals surface area contributed by atoms with Crippen LogP contribution in [0.3, 0.4) is 0 Å². The zero-order valence-corrected chi connectivity index (χ0v) is 15.2. The molecule has 0 spiro atoms. The Morgan fingerprint density at radius 2 is 1.92 bits per heavy atom. The highest BCUT2D eigenvalue weighted by Gasteiger charge is 2.15. The van der Waals surface area contributed by atoms with E-state index >= 15 is 0 Å². The van der Waals surface area contributed by atoms with Crippen LogP contribution in [-0.2, 0) is 6.54 Å². The first-order valence-corrected chi connectivity index (χ1v) is 8.94. The molecule has 3 aromatic rings. The van der Waals surface area contributed by atoms with Crippen molar-refractivity contribution in [2.24, 2.45) is 0 Å². The van der Waals surface area contributed by atoms with E-state index in [1.54, 1.807) is 16.8 Å². The summed E-state index contributed by atoms with van der Waals surface area (Å²) >= 11 is 6.35. The third-order valence-corrected chi connectivity index (χ3v) is 4.51. The maximum absolute atomic E-state index is 13.2. The van der Waals surface area contributed by atoms with Crippen LogP contribution in [0.15, 0.2) is 54.7 Å². The Hall–Kier alpha value is -2.21. The van der Waals surface area contributed by atoms with Crippen molar-refractivity contribution < 1.29 is 9.50 Å². The van der Waals surface area contributed by atoms with Gasteiger partial charge in [0.05, 0.1) is 22.5 Å². The highest BCUT2D eigenvalue weighted by Crippen LogP contribution is 2.30. The Balaban J connectivity index is 1.94. The minimum atomic E-state index is -0.383. The summed E-state index contributed by atoms with van der Waals surface area (Å²) in [5.74, 6) is -0.289. The van der Waals surface area contributed by atoms with Crippen LogP contribution in [0, 0.1) is 5.82 Å². The first-order valence-electron chi connectivity index (χ1n) is 8.56. The van der Waals surface area contributed by atoms with E-state index in [1.165, 1.54) is 12.1 Å². The molecule has 4 nitrogen and oxygen atoms in total. The number of aromatic nitrogens is 2. The van der Waals surface area contributed by atoms with Crippen molar-refractivity contribution >= 4 is 11.6 Å². The van der Waals surface area contributed by atoms with E-state index in [0.29, 0.717) is 24.5 Å². The second kappa shape index (κ2) is 8.45. The van der Waals surface area contributed by atoms with Crippen molar-refractivity contribution in [3.63, 3.8) is 0 Å². The first-order chi connectivity index (χ1) is 12.6. The Kier molecular flexibility index (Phi) is 6.04. The molecular weight excluding hydrogens is 353 g/mol. The van der Waals surface area contributed by atoms with Crippen LogP contribution in [0.5, 0.6) is 0 Å². The van der Waals surface area contributed by atoms with Gasteiger partial charge in [-0.3, -0.25) is 0 Å². The van der Waals surface area contributed by atoms with Gasteiger partial charge in [-0.25, -0.2) is 9.07 Å². The Bertz CT molecular complexity index is 864. The highest BCUT2D eigenvalue weighted by atomic mass is 35.5. The van der Waals surface area contributed by atoms with Gasteiger partial charge >= 0.3 is 0 Å². The smallest absolute Gasteiger partial charge is 0.123 e. The lowest BCUT2D eigenvalue weighted by Crippen LogP contribution is -2.25. The van der Waals surface area contributed by atoms with E-state index in [4.69, 9.17) is 11.6 Å². The molecule has 0 bridgehead atoms. The molecule has 26 heavy (non-hydrogen) atoms. The van der Waals surface area contributed by atoms with Crippen molar-refractivity contribution in [2.75, 3.05) is 6.54 Å². The molecule has 0 saturated carbocycles. The third-order valence-electron chi connectivity index (χ3n) is 4.18. The standard InChI is InChI=1S/C20H21ClFN3O/c1-2-17(26)12-23-11-14-13-25(16-9-7-15(22)8-10-16)24-20(14)18-5-3-4-6-19(18)21/h3-10,13,17,23,26H,2,11-12H2,1H3/t17-/m1/s1. The highest BCUT2D eigenvalue weighted by molar-refractivity contribution is 6.33. The van der Waals surface area contributed by atoms with Crippen LogP contribution >= 0.6 is 11.6 Å². The molecule has 0 aliphatic heterocycles. The number of aliphatic hydroxyl groups excluding tert-OH is 1. The van der Waals surface area contributed by atoms with Crippen LogP contribution in [0.25, 0.3) is 16.9 Å². The summed E-state index contributed by atoms with van der Waals surface area (Å²) in [6.07, 6.45) is 2.21. The van der Waals surface area contributed by atoms with Crippen LogP contribution in [0.1, 0.15) is 18.9 Å². The number of aliphatic hydroxyl groups is 1. The summed E-state index contributed by atoms with van der Waals surface area (Å²) in [7, 11) is 0. The van der Waals surface area contributed by atoms with Crippen LogP contribution in [0.4, 0.5) is 4.39 Å². The van der Waals surface area contributed by atoms with Crippen molar-refractivity contribution in [2.45, 2.75) is 26.0 Å². The van der Waals surface area contributed by atoms with Gasteiger partial charge in [0, 0.05) is 30.4 Å². The van der Waals surface area contributed by atoms with Crippen molar-refractivity contribution in [1.29, 1.82) is 0 Å². The van der Waals surface area contributed by atoms with Crippen molar-refractivity contribution in [3.05, 3.63) is 71.1 Å². The lowest BCUT2D eigenvalue weighted by Gasteiger charge is -2.09. The van der Waals surface area contributed by atoms with Crippen LogP contribution in [-0.4, -0.2) is 27.5 Å². The van der Waals surface area contributed by atoms with Gasteiger partial charge in [-0.15, -0.1) is 0 Å². The van der Waals surface area contributed by atoms with E-state index in [9.17, 15) is 9.50 Å². The van der Waals surface area contributed by atoms with Crippen LogP contribution < -0.4 is 5.32 Å². The zero-order chi connectivity index (χ0) is 18.5. The molecule has 1 atom stereocenters. The summed E-state index contributed by atoms with van der Waals surface area (Å²) in [6, 6.07) is 13.7. The number of halogens is 2.